The Balaban J connectivity index is 1.98. The number of carbonyl (C=O) groups is 1. The summed E-state index contributed by atoms with van der Waals surface area (Å²) in [6.45, 7) is 2.27. The average molecular weight is 182 g/mol. The first-order chi connectivity index (χ1) is 6.15. The van der Waals surface area contributed by atoms with Crippen molar-refractivity contribution in [2.24, 2.45) is 17.3 Å². The summed E-state index contributed by atoms with van der Waals surface area (Å²) < 4.78 is 0. The van der Waals surface area contributed by atoms with Crippen LogP contribution in [0.1, 0.15) is 45.4 Å². The molecule has 2 aliphatic rings. The molecule has 0 aromatic carbocycles. The van der Waals surface area contributed by atoms with Crippen LogP contribution in [0.15, 0.2) is 0 Å². The third kappa shape index (κ3) is 1.47. The summed E-state index contributed by atoms with van der Waals surface area (Å²) in [6.07, 6.45) is 6.63. The van der Waals surface area contributed by atoms with Gasteiger partial charge in [-0.1, -0.05) is 19.8 Å². The summed E-state index contributed by atoms with van der Waals surface area (Å²) in [5.41, 5.74) is -0.278. The van der Waals surface area contributed by atoms with E-state index < -0.39 is 5.97 Å². The zero-order valence-electron chi connectivity index (χ0n) is 8.25. The Hall–Kier alpha value is -0.530. The van der Waals surface area contributed by atoms with Crippen molar-refractivity contribution in [3.05, 3.63) is 0 Å². The van der Waals surface area contributed by atoms with Crippen LogP contribution in [-0.2, 0) is 4.79 Å². The second-order valence-electron chi connectivity index (χ2n) is 4.92. The zero-order valence-corrected chi connectivity index (χ0v) is 8.25. The quantitative estimate of drug-likeness (QED) is 0.713. The summed E-state index contributed by atoms with van der Waals surface area (Å²) >= 11 is 0. The maximum Gasteiger partial charge on any atom is 0.309 e. The minimum Gasteiger partial charge on any atom is -0.481 e. The Bertz CT molecular complexity index is 210. The lowest BCUT2D eigenvalue weighted by Gasteiger charge is -2.30. The molecule has 0 atom stereocenters. The molecule has 0 radical (unpaired) electrons. The molecule has 0 aliphatic heterocycles. The SMILES string of the molecule is CC1CCC(C2(C(=O)O)CC2)CC1. The second kappa shape index (κ2) is 3.00. The number of rotatable bonds is 2. The molecule has 0 aromatic heterocycles. The van der Waals surface area contributed by atoms with Gasteiger partial charge < -0.3 is 5.11 Å². The zero-order chi connectivity index (χ0) is 9.47. The van der Waals surface area contributed by atoms with Crippen molar-refractivity contribution in [2.45, 2.75) is 45.4 Å². The van der Waals surface area contributed by atoms with Gasteiger partial charge in [-0.15, -0.1) is 0 Å². The summed E-state index contributed by atoms with van der Waals surface area (Å²) in [4.78, 5) is 11.1. The fourth-order valence-electron chi connectivity index (χ4n) is 2.74. The average Bonchev–Trinajstić information content (AvgIpc) is 2.86. The van der Waals surface area contributed by atoms with Gasteiger partial charge in [0.2, 0.25) is 0 Å². The standard InChI is InChI=1S/C11H18O2/c1-8-2-4-9(5-3-8)11(6-7-11)10(12)13/h8-9H,2-7H2,1H3,(H,12,13). The van der Waals surface area contributed by atoms with Crippen molar-refractivity contribution in [3.8, 4) is 0 Å². The molecule has 2 fully saturated rings. The van der Waals surface area contributed by atoms with Gasteiger partial charge in [0.05, 0.1) is 5.41 Å². The molecule has 0 heterocycles. The normalized spacial score (nSPS) is 37.0. The first-order valence-electron chi connectivity index (χ1n) is 5.38. The third-order valence-corrected chi connectivity index (χ3v) is 4.01. The van der Waals surface area contributed by atoms with Crippen LogP contribution < -0.4 is 0 Å². The molecular formula is C11H18O2. The maximum absolute atomic E-state index is 11.1. The molecule has 0 saturated heterocycles. The fourth-order valence-corrected chi connectivity index (χ4v) is 2.74. The van der Waals surface area contributed by atoms with E-state index in [0.717, 1.165) is 31.6 Å². The highest BCUT2D eigenvalue weighted by molar-refractivity contribution is 5.78. The fraction of sp³-hybridized carbons (Fsp3) is 0.909. The molecule has 0 aromatic rings. The Labute approximate surface area is 79.3 Å². The molecular weight excluding hydrogens is 164 g/mol. The Morgan fingerprint density at radius 1 is 1.23 bits per heavy atom. The van der Waals surface area contributed by atoms with Crippen molar-refractivity contribution < 1.29 is 9.90 Å². The molecule has 0 spiro atoms. The molecule has 2 nitrogen and oxygen atoms in total. The second-order valence-corrected chi connectivity index (χ2v) is 4.92. The maximum atomic E-state index is 11.1. The van der Waals surface area contributed by atoms with Crippen LogP contribution in [0.3, 0.4) is 0 Å². The van der Waals surface area contributed by atoms with Gasteiger partial charge in [0.1, 0.15) is 0 Å². The molecule has 2 rings (SSSR count). The van der Waals surface area contributed by atoms with Gasteiger partial charge in [-0.25, -0.2) is 0 Å². The van der Waals surface area contributed by atoms with E-state index in [0.29, 0.717) is 5.92 Å². The molecule has 0 bridgehead atoms. The van der Waals surface area contributed by atoms with Crippen LogP contribution in [0.5, 0.6) is 0 Å². The van der Waals surface area contributed by atoms with Gasteiger partial charge in [0.25, 0.3) is 0 Å². The molecule has 74 valence electrons. The van der Waals surface area contributed by atoms with E-state index in [9.17, 15) is 4.79 Å². The first kappa shape index (κ1) is 9.04. The predicted octanol–water partition coefficient (Wildman–Crippen LogP) is 2.68. The van der Waals surface area contributed by atoms with E-state index in [4.69, 9.17) is 5.11 Å². The van der Waals surface area contributed by atoms with E-state index >= 15 is 0 Å². The Morgan fingerprint density at radius 3 is 2.15 bits per heavy atom. The van der Waals surface area contributed by atoms with Crippen molar-refractivity contribution in [3.63, 3.8) is 0 Å². The summed E-state index contributed by atoms with van der Waals surface area (Å²) in [5, 5.41) is 9.12. The van der Waals surface area contributed by atoms with E-state index in [2.05, 4.69) is 6.92 Å². The van der Waals surface area contributed by atoms with Crippen molar-refractivity contribution >= 4 is 5.97 Å². The topological polar surface area (TPSA) is 37.3 Å². The minimum atomic E-state index is -0.535. The Kier molecular flexibility index (Phi) is 2.09. The van der Waals surface area contributed by atoms with Crippen LogP contribution in [0.2, 0.25) is 0 Å². The van der Waals surface area contributed by atoms with E-state index in [1.54, 1.807) is 0 Å². The molecule has 2 aliphatic carbocycles. The smallest absolute Gasteiger partial charge is 0.309 e. The van der Waals surface area contributed by atoms with E-state index in [1.807, 2.05) is 0 Å². The predicted molar refractivity (Wildman–Crippen MR) is 50.4 cm³/mol. The van der Waals surface area contributed by atoms with Crippen LogP contribution in [0.25, 0.3) is 0 Å². The minimum absolute atomic E-state index is 0.278. The van der Waals surface area contributed by atoms with Crippen LogP contribution in [0.4, 0.5) is 0 Å². The van der Waals surface area contributed by atoms with Gasteiger partial charge in [-0.2, -0.15) is 0 Å². The Morgan fingerprint density at radius 2 is 1.77 bits per heavy atom. The van der Waals surface area contributed by atoms with Gasteiger partial charge in [0.15, 0.2) is 0 Å². The molecule has 2 heteroatoms. The lowest BCUT2D eigenvalue weighted by Crippen LogP contribution is -2.28. The number of hydrogen-bond acceptors (Lipinski definition) is 1. The largest absolute Gasteiger partial charge is 0.481 e. The lowest BCUT2D eigenvalue weighted by atomic mass is 9.74. The van der Waals surface area contributed by atoms with Crippen molar-refractivity contribution in [2.75, 3.05) is 0 Å². The van der Waals surface area contributed by atoms with E-state index in [-0.39, 0.29) is 5.41 Å². The summed E-state index contributed by atoms with van der Waals surface area (Å²) in [5.74, 6) is 0.772. The highest BCUT2D eigenvalue weighted by Gasteiger charge is 2.55. The highest BCUT2D eigenvalue weighted by Crippen LogP contribution is 2.56. The van der Waals surface area contributed by atoms with E-state index in [1.165, 1.54) is 12.8 Å². The third-order valence-electron chi connectivity index (χ3n) is 4.01. The van der Waals surface area contributed by atoms with Crippen LogP contribution in [-0.4, -0.2) is 11.1 Å². The number of carboxylic acids is 1. The summed E-state index contributed by atoms with van der Waals surface area (Å²) in [6, 6.07) is 0. The summed E-state index contributed by atoms with van der Waals surface area (Å²) in [7, 11) is 0. The lowest BCUT2D eigenvalue weighted by molar-refractivity contribution is -0.146. The molecule has 0 unspecified atom stereocenters. The van der Waals surface area contributed by atoms with Crippen LogP contribution in [0, 0.1) is 17.3 Å². The van der Waals surface area contributed by atoms with Gasteiger partial charge in [-0.3, -0.25) is 4.79 Å². The molecule has 0 amide bonds. The van der Waals surface area contributed by atoms with Crippen LogP contribution >= 0.6 is 0 Å². The molecule has 13 heavy (non-hydrogen) atoms. The highest BCUT2D eigenvalue weighted by atomic mass is 16.4. The van der Waals surface area contributed by atoms with Crippen molar-refractivity contribution in [1.29, 1.82) is 0 Å². The van der Waals surface area contributed by atoms with Gasteiger partial charge >= 0.3 is 5.97 Å². The number of aliphatic carboxylic acids is 1. The van der Waals surface area contributed by atoms with Gasteiger partial charge in [0, 0.05) is 0 Å². The number of hydrogen-bond donors (Lipinski definition) is 1. The monoisotopic (exact) mass is 182 g/mol. The molecule has 2 saturated carbocycles. The first-order valence-corrected chi connectivity index (χ1v) is 5.38. The van der Waals surface area contributed by atoms with Crippen molar-refractivity contribution in [1.82, 2.24) is 0 Å². The molecule has 1 N–H and O–H groups in total. The van der Waals surface area contributed by atoms with Gasteiger partial charge in [-0.05, 0) is 37.5 Å². The number of carboxylic acid groups (broad SMARTS) is 1.